The standard InChI is InChI=1S/C13H16BrNO2S/c1-8-7-11(18-12(8)14)13(17)15(2)9-3-5-10(16)6-4-9/h7,9H,3-6H2,1-2H3. The summed E-state index contributed by atoms with van der Waals surface area (Å²) in [5, 5.41) is 0. The quantitative estimate of drug-likeness (QED) is 0.833. The van der Waals surface area contributed by atoms with Crippen LogP contribution in [0.3, 0.4) is 0 Å². The molecule has 0 aromatic carbocycles. The summed E-state index contributed by atoms with van der Waals surface area (Å²) in [7, 11) is 1.84. The van der Waals surface area contributed by atoms with Gasteiger partial charge in [-0.1, -0.05) is 0 Å². The molecule has 0 aliphatic heterocycles. The molecule has 1 aromatic rings. The van der Waals surface area contributed by atoms with Crippen molar-refractivity contribution in [2.24, 2.45) is 0 Å². The third kappa shape index (κ3) is 2.83. The van der Waals surface area contributed by atoms with E-state index in [2.05, 4.69) is 15.9 Å². The Kier molecular flexibility index (Phi) is 4.22. The molecule has 1 aromatic heterocycles. The lowest BCUT2D eigenvalue weighted by atomic mass is 9.93. The number of thiophene rings is 1. The van der Waals surface area contributed by atoms with Gasteiger partial charge in [-0.15, -0.1) is 11.3 Å². The Bertz CT molecular complexity index is 454. The van der Waals surface area contributed by atoms with Crippen molar-refractivity contribution in [2.45, 2.75) is 38.6 Å². The second kappa shape index (κ2) is 5.53. The summed E-state index contributed by atoms with van der Waals surface area (Å²) in [5.41, 5.74) is 1.09. The molecule has 2 rings (SSSR count). The van der Waals surface area contributed by atoms with Crippen LogP contribution in [0.2, 0.25) is 0 Å². The maximum absolute atomic E-state index is 12.3. The molecule has 1 heterocycles. The summed E-state index contributed by atoms with van der Waals surface area (Å²) in [5.74, 6) is 0.384. The van der Waals surface area contributed by atoms with Crippen LogP contribution in [-0.4, -0.2) is 29.7 Å². The first-order valence-corrected chi connectivity index (χ1v) is 7.64. The van der Waals surface area contributed by atoms with E-state index in [1.165, 1.54) is 11.3 Å². The van der Waals surface area contributed by atoms with E-state index in [0.717, 1.165) is 27.1 Å². The smallest absolute Gasteiger partial charge is 0.263 e. The zero-order valence-corrected chi connectivity index (χ0v) is 12.9. The summed E-state index contributed by atoms with van der Waals surface area (Å²) < 4.78 is 1.01. The van der Waals surface area contributed by atoms with Gasteiger partial charge in [-0.25, -0.2) is 0 Å². The molecule has 0 saturated heterocycles. The van der Waals surface area contributed by atoms with Crippen molar-refractivity contribution >= 4 is 39.0 Å². The maximum atomic E-state index is 12.3. The number of hydrogen-bond donors (Lipinski definition) is 0. The van der Waals surface area contributed by atoms with Crippen molar-refractivity contribution in [3.8, 4) is 0 Å². The predicted octanol–water partition coefficient (Wildman–Crippen LogP) is 3.40. The summed E-state index contributed by atoms with van der Waals surface area (Å²) in [6.45, 7) is 1.98. The van der Waals surface area contributed by atoms with Crippen LogP contribution < -0.4 is 0 Å². The number of Topliss-reactive ketones (excluding diaryl/α,β-unsaturated/α-hetero) is 1. The first-order chi connectivity index (χ1) is 8.49. The second-order valence-electron chi connectivity index (χ2n) is 4.75. The van der Waals surface area contributed by atoms with Crippen molar-refractivity contribution < 1.29 is 9.59 Å². The van der Waals surface area contributed by atoms with E-state index < -0.39 is 0 Å². The van der Waals surface area contributed by atoms with Crippen LogP contribution in [0.1, 0.15) is 40.9 Å². The SMILES string of the molecule is Cc1cc(C(=O)N(C)C2CCC(=O)CC2)sc1Br. The number of rotatable bonds is 2. The molecule has 0 bridgehead atoms. The molecule has 1 aliphatic rings. The van der Waals surface area contributed by atoms with Crippen LogP contribution in [0.4, 0.5) is 0 Å². The van der Waals surface area contributed by atoms with Crippen molar-refractivity contribution in [1.82, 2.24) is 4.90 Å². The number of ketones is 1. The maximum Gasteiger partial charge on any atom is 0.263 e. The van der Waals surface area contributed by atoms with Gasteiger partial charge >= 0.3 is 0 Å². The third-order valence-corrected chi connectivity index (χ3v) is 5.57. The zero-order valence-electron chi connectivity index (χ0n) is 10.5. The molecule has 0 N–H and O–H groups in total. The molecule has 0 radical (unpaired) electrons. The van der Waals surface area contributed by atoms with Gasteiger partial charge in [0.15, 0.2) is 0 Å². The summed E-state index contributed by atoms with van der Waals surface area (Å²) >= 11 is 4.91. The highest BCUT2D eigenvalue weighted by molar-refractivity contribution is 9.11. The van der Waals surface area contributed by atoms with Gasteiger partial charge in [-0.2, -0.15) is 0 Å². The normalized spacial score (nSPS) is 16.9. The van der Waals surface area contributed by atoms with E-state index in [-0.39, 0.29) is 11.9 Å². The minimum absolute atomic E-state index is 0.0631. The highest BCUT2D eigenvalue weighted by Crippen LogP contribution is 2.29. The summed E-state index contributed by atoms with van der Waals surface area (Å²) in [6.07, 6.45) is 2.81. The molecule has 0 spiro atoms. The zero-order chi connectivity index (χ0) is 13.3. The molecule has 1 amide bonds. The molecular formula is C13H16BrNO2S. The molecule has 0 atom stereocenters. The van der Waals surface area contributed by atoms with Crippen molar-refractivity contribution in [3.05, 3.63) is 20.3 Å². The number of carbonyl (C=O) groups excluding carboxylic acids is 2. The van der Waals surface area contributed by atoms with Gasteiger partial charge in [-0.3, -0.25) is 9.59 Å². The Morgan fingerprint density at radius 2 is 2.06 bits per heavy atom. The first kappa shape index (κ1) is 13.7. The fraction of sp³-hybridized carbons (Fsp3) is 0.538. The van der Waals surface area contributed by atoms with E-state index in [0.29, 0.717) is 18.6 Å². The van der Waals surface area contributed by atoms with E-state index >= 15 is 0 Å². The largest absolute Gasteiger partial charge is 0.338 e. The highest BCUT2D eigenvalue weighted by Gasteiger charge is 2.26. The topological polar surface area (TPSA) is 37.4 Å². The van der Waals surface area contributed by atoms with Crippen molar-refractivity contribution in [2.75, 3.05) is 7.05 Å². The molecule has 5 heteroatoms. The van der Waals surface area contributed by atoms with E-state index in [1.807, 2.05) is 20.0 Å². The average molecular weight is 330 g/mol. The number of nitrogens with zero attached hydrogens (tertiary/aromatic N) is 1. The van der Waals surface area contributed by atoms with Crippen molar-refractivity contribution in [1.29, 1.82) is 0 Å². The minimum Gasteiger partial charge on any atom is -0.338 e. The van der Waals surface area contributed by atoms with Crippen LogP contribution >= 0.6 is 27.3 Å². The Balaban J connectivity index is 2.06. The van der Waals surface area contributed by atoms with Gasteiger partial charge in [0.1, 0.15) is 5.78 Å². The Morgan fingerprint density at radius 1 is 1.44 bits per heavy atom. The Hall–Kier alpha value is -0.680. The number of aryl methyl sites for hydroxylation is 1. The molecule has 3 nitrogen and oxygen atoms in total. The van der Waals surface area contributed by atoms with Crippen LogP contribution in [0.5, 0.6) is 0 Å². The first-order valence-electron chi connectivity index (χ1n) is 6.04. The van der Waals surface area contributed by atoms with Gasteiger partial charge in [0, 0.05) is 25.9 Å². The lowest BCUT2D eigenvalue weighted by molar-refractivity contribution is -0.121. The lowest BCUT2D eigenvalue weighted by Gasteiger charge is -2.30. The van der Waals surface area contributed by atoms with Gasteiger partial charge in [0.05, 0.1) is 8.66 Å². The fourth-order valence-electron chi connectivity index (χ4n) is 2.22. The van der Waals surface area contributed by atoms with Crippen LogP contribution in [-0.2, 0) is 4.79 Å². The molecule has 0 unspecified atom stereocenters. The van der Waals surface area contributed by atoms with E-state index in [1.54, 1.807) is 4.90 Å². The van der Waals surface area contributed by atoms with E-state index in [4.69, 9.17) is 0 Å². The van der Waals surface area contributed by atoms with Gasteiger partial charge in [0.2, 0.25) is 0 Å². The van der Waals surface area contributed by atoms with Crippen molar-refractivity contribution in [3.63, 3.8) is 0 Å². The highest BCUT2D eigenvalue weighted by atomic mass is 79.9. The summed E-state index contributed by atoms with van der Waals surface area (Å²) in [6, 6.07) is 2.12. The average Bonchev–Trinajstić information content (AvgIpc) is 2.69. The Morgan fingerprint density at radius 3 is 2.56 bits per heavy atom. The molecule has 1 aliphatic carbocycles. The van der Waals surface area contributed by atoms with Crippen LogP contribution in [0, 0.1) is 6.92 Å². The fourth-order valence-corrected chi connectivity index (χ4v) is 3.73. The third-order valence-electron chi connectivity index (χ3n) is 3.45. The van der Waals surface area contributed by atoms with Gasteiger partial charge in [0.25, 0.3) is 5.91 Å². The minimum atomic E-state index is 0.0631. The van der Waals surface area contributed by atoms with E-state index in [9.17, 15) is 9.59 Å². The number of carbonyl (C=O) groups is 2. The lowest BCUT2D eigenvalue weighted by Crippen LogP contribution is -2.39. The number of halogens is 1. The monoisotopic (exact) mass is 329 g/mol. The molecule has 1 fully saturated rings. The predicted molar refractivity (Wildman–Crippen MR) is 76.1 cm³/mol. The number of hydrogen-bond acceptors (Lipinski definition) is 3. The van der Waals surface area contributed by atoms with Gasteiger partial charge < -0.3 is 4.90 Å². The van der Waals surface area contributed by atoms with Crippen LogP contribution in [0.15, 0.2) is 9.85 Å². The summed E-state index contributed by atoms with van der Waals surface area (Å²) in [4.78, 5) is 26.1. The molecular weight excluding hydrogens is 314 g/mol. The van der Waals surface area contributed by atoms with Crippen LogP contribution in [0.25, 0.3) is 0 Å². The second-order valence-corrected chi connectivity index (χ2v) is 7.12. The van der Waals surface area contributed by atoms with Gasteiger partial charge in [-0.05, 0) is 47.3 Å². The molecule has 1 saturated carbocycles. The number of amides is 1. The molecule has 98 valence electrons. The Labute approximate surface area is 119 Å². The molecule has 18 heavy (non-hydrogen) atoms.